The van der Waals surface area contributed by atoms with Crippen molar-refractivity contribution in [3.05, 3.63) is 77.6 Å². The summed E-state index contributed by atoms with van der Waals surface area (Å²) < 4.78 is 75.0. The molecule has 1 saturated carbocycles. The van der Waals surface area contributed by atoms with Gasteiger partial charge in [-0.1, -0.05) is 6.92 Å². The largest absolute Gasteiger partial charge is 0.493 e. The lowest BCUT2D eigenvalue weighted by Crippen LogP contribution is -2.35. The first-order chi connectivity index (χ1) is 20.6. The van der Waals surface area contributed by atoms with E-state index in [1.165, 1.54) is 24.3 Å². The maximum atomic E-state index is 15.1. The molecule has 230 valence electrons. The van der Waals surface area contributed by atoms with Crippen LogP contribution in [0.2, 0.25) is 0 Å². The molecular weight excluding hydrogens is 580 g/mol. The Morgan fingerprint density at radius 2 is 1.74 bits per heavy atom. The normalized spacial score (nSPS) is 16.8. The maximum absolute atomic E-state index is 15.1. The number of amides is 1. The van der Waals surface area contributed by atoms with Crippen molar-refractivity contribution >= 4 is 15.9 Å². The molecule has 5 rings (SSSR count). The molecule has 1 saturated heterocycles. The zero-order valence-corrected chi connectivity index (χ0v) is 24.9. The van der Waals surface area contributed by atoms with E-state index in [9.17, 15) is 13.2 Å². The molecule has 1 aliphatic carbocycles. The number of pyridine rings is 1. The number of hydrogen-bond donors (Lipinski definition) is 1. The second-order valence-corrected chi connectivity index (χ2v) is 12.6. The molecule has 2 fully saturated rings. The van der Waals surface area contributed by atoms with Crippen LogP contribution in [0.3, 0.4) is 0 Å². The zero-order valence-electron chi connectivity index (χ0n) is 24.1. The second kappa shape index (κ2) is 13.3. The van der Waals surface area contributed by atoms with Crippen molar-refractivity contribution < 1.29 is 36.2 Å². The lowest BCUT2D eigenvalue weighted by atomic mass is 10.1. The van der Waals surface area contributed by atoms with Gasteiger partial charge in [0.05, 0.1) is 22.8 Å². The number of ether oxygens (including phenoxy) is 3. The van der Waals surface area contributed by atoms with Gasteiger partial charge in [0.25, 0.3) is 15.9 Å². The Morgan fingerprint density at radius 1 is 1.02 bits per heavy atom. The van der Waals surface area contributed by atoms with Gasteiger partial charge in [0, 0.05) is 25.4 Å². The van der Waals surface area contributed by atoms with Crippen molar-refractivity contribution in [3.63, 3.8) is 0 Å². The number of rotatable bonds is 12. The van der Waals surface area contributed by atoms with E-state index in [0.29, 0.717) is 36.1 Å². The van der Waals surface area contributed by atoms with Crippen molar-refractivity contribution in [2.24, 2.45) is 5.92 Å². The third-order valence-electron chi connectivity index (χ3n) is 7.53. The first-order valence-electron chi connectivity index (χ1n) is 14.4. The van der Waals surface area contributed by atoms with Crippen LogP contribution >= 0.6 is 0 Å². The van der Waals surface area contributed by atoms with Crippen molar-refractivity contribution in [2.75, 3.05) is 26.7 Å². The van der Waals surface area contributed by atoms with Crippen molar-refractivity contribution in [3.8, 4) is 17.2 Å². The zero-order chi connectivity index (χ0) is 30.6. The summed E-state index contributed by atoms with van der Waals surface area (Å²) in [4.78, 5) is 19.0. The smallest absolute Gasteiger partial charge is 0.268 e. The fraction of sp³-hybridized carbons (Fsp3) is 0.419. The summed E-state index contributed by atoms with van der Waals surface area (Å²) in [7, 11) is -2.34. The van der Waals surface area contributed by atoms with Crippen LogP contribution in [0.25, 0.3) is 0 Å². The van der Waals surface area contributed by atoms with Gasteiger partial charge in [-0.25, -0.2) is 17.5 Å². The molecule has 43 heavy (non-hydrogen) atoms. The topological polar surface area (TPSA) is 107 Å². The highest BCUT2D eigenvalue weighted by Gasteiger charge is 2.27. The Hall–Kier alpha value is -3.77. The van der Waals surface area contributed by atoms with E-state index in [1.807, 2.05) is 7.05 Å². The minimum atomic E-state index is -4.38. The van der Waals surface area contributed by atoms with Crippen molar-refractivity contribution in [2.45, 2.75) is 56.1 Å². The van der Waals surface area contributed by atoms with E-state index in [1.54, 1.807) is 30.0 Å². The number of benzene rings is 2. The number of piperidine rings is 1. The predicted octanol–water partition coefficient (Wildman–Crippen LogP) is 5.27. The highest BCUT2D eigenvalue weighted by atomic mass is 32.2. The number of nitrogens with one attached hydrogen (secondary N) is 1. The minimum Gasteiger partial charge on any atom is -0.493 e. The molecule has 1 atom stereocenters. The molecule has 0 unspecified atom stereocenters. The summed E-state index contributed by atoms with van der Waals surface area (Å²) in [6.07, 6.45) is 5.27. The third-order valence-corrected chi connectivity index (χ3v) is 8.87. The predicted molar refractivity (Wildman–Crippen MR) is 155 cm³/mol. The Morgan fingerprint density at radius 3 is 2.42 bits per heavy atom. The van der Waals surface area contributed by atoms with Crippen LogP contribution < -0.4 is 18.9 Å². The molecule has 1 amide bonds. The summed E-state index contributed by atoms with van der Waals surface area (Å²) in [6, 6.07) is 11.1. The van der Waals surface area contributed by atoms with E-state index >= 15 is 8.78 Å². The fourth-order valence-corrected chi connectivity index (χ4v) is 5.69. The SMILES string of the molecule is CC[C@@H](Oc1ccc(C(=O)NS(=O)(=O)c2ccc(OC3CCN(C)CC3)cc2)c(F)c1F)c1cc(OCC2CC2)ccn1. The number of carbonyl (C=O) groups is 1. The highest BCUT2D eigenvalue weighted by molar-refractivity contribution is 7.90. The highest BCUT2D eigenvalue weighted by Crippen LogP contribution is 2.32. The first-order valence-corrected chi connectivity index (χ1v) is 15.9. The summed E-state index contributed by atoms with van der Waals surface area (Å²) in [5.74, 6) is -3.03. The summed E-state index contributed by atoms with van der Waals surface area (Å²) in [5.41, 5.74) is -0.302. The molecule has 12 heteroatoms. The molecule has 9 nitrogen and oxygen atoms in total. The number of aromatic nitrogens is 1. The molecule has 2 aromatic carbocycles. The standard InChI is InChI=1S/C31H35F2N3O6S/c1-3-27(26-18-23(12-15-34-26)40-19-20-4-5-20)42-28-11-10-25(29(32)30(28)33)31(37)35-43(38,39)24-8-6-21(7-9-24)41-22-13-16-36(2)17-14-22/h6-12,15,18,20,22,27H,3-5,13-14,16-17,19H2,1-2H3,(H,35,37)/t27-/m1/s1. The Balaban J connectivity index is 1.23. The second-order valence-electron chi connectivity index (χ2n) is 11.0. The van der Waals surface area contributed by atoms with Gasteiger partial charge >= 0.3 is 0 Å². The summed E-state index contributed by atoms with van der Waals surface area (Å²) in [5, 5.41) is 0. The van der Waals surface area contributed by atoms with Gasteiger partial charge in [-0.15, -0.1) is 0 Å². The molecular formula is C31H35F2N3O6S. The van der Waals surface area contributed by atoms with Crippen LogP contribution in [0.4, 0.5) is 8.78 Å². The third kappa shape index (κ3) is 7.80. The van der Waals surface area contributed by atoms with Crippen LogP contribution in [0.5, 0.6) is 17.2 Å². The molecule has 2 aliphatic rings. The van der Waals surface area contributed by atoms with E-state index in [4.69, 9.17) is 14.2 Å². The van der Waals surface area contributed by atoms with Crippen LogP contribution in [0.15, 0.2) is 59.6 Å². The number of halogens is 2. The van der Waals surface area contributed by atoms with Crippen molar-refractivity contribution in [1.29, 1.82) is 0 Å². The lowest BCUT2D eigenvalue weighted by molar-refractivity contribution is 0.0976. The number of hydrogen-bond acceptors (Lipinski definition) is 8. The maximum Gasteiger partial charge on any atom is 0.268 e. The summed E-state index contributed by atoms with van der Waals surface area (Å²) in [6.45, 7) is 4.23. The fourth-order valence-electron chi connectivity index (χ4n) is 4.73. The van der Waals surface area contributed by atoms with Gasteiger partial charge < -0.3 is 19.1 Å². The molecule has 0 bridgehead atoms. The molecule has 3 aromatic rings. The number of carbonyl (C=O) groups excluding carboxylic acids is 1. The van der Waals surface area contributed by atoms with Gasteiger partial charge in [0.2, 0.25) is 5.82 Å². The molecule has 1 aliphatic heterocycles. The van der Waals surface area contributed by atoms with E-state index < -0.39 is 45.0 Å². The monoisotopic (exact) mass is 615 g/mol. The molecule has 1 aromatic heterocycles. The number of sulfonamides is 1. The quantitative estimate of drug-likeness (QED) is 0.294. The van der Waals surface area contributed by atoms with Crippen LogP contribution in [0.1, 0.15) is 61.2 Å². The average Bonchev–Trinajstić information content (AvgIpc) is 3.83. The molecule has 1 N–H and O–H groups in total. The first kappa shape index (κ1) is 30.7. The molecule has 0 radical (unpaired) electrons. The Labute approximate surface area is 250 Å². The van der Waals surface area contributed by atoms with Gasteiger partial charge in [-0.2, -0.15) is 4.39 Å². The average molecular weight is 616 g/mol. The summed E-state index contributed by atoms with van der Waals surface area (Å²) >= 11 is 0. The van der Waals surface area contributed by atoms with Crippen LogP contribution in [-0.2, 0) is 10.0 Å². The van der Waals surface area contributed by atoms with Crippen LogP contribution in [0, 0.1) is 17.6 Å². The van der Waals surface area contributed by atoms with Crippen molar-refractivity contribution in [1.82, 2.24) is 14.6 Å². The van der Waals surface area contributed by atoms with Gasteiger partial charge in [-0.05, 0) is 87.5 Å². The van der Waals surface area contributed by atoms with Gasteiger partial charge in [0.1, 0.15) is 23.7 Å². The Kier molecular flexibility index (Phi) is 9.46. The van der Waals surface area contributed by atoms with Gasteiger partial charge in [-0.3, -0.25) is 9.78 Å². The Bertz CT molecular complexity index is 1540. The van der Waals surface area contributed by atoms with Gasteiger partial charge in [0.15, 0.2) is 11.6 Å². The van der Waals surface area contributed by atoms with Crippen LogP contribution in [-0.4, -0.2) is 57.1 Å². The molecule has 0 spiro atoms. The van der Waals surface area contributed by atoms with E-state index in [2.05, 4.69) is 9.88 Å². The lowest BCUT2D eigenvalue weighted by Gasteiger charge is -2.29. The van der Waals surface area contributed by atoms with E-state index in [0.717, 1.165) is 50.9 Å². The minimum absolute atomic E-state index is 0.0307. The number of likely N-dealkylation sites (tertiary alicyclic amines) is 1. The molecule has 2 heterocycles. The number of nitrogens with zero attached hydrogens (tertiary/aromatic N) is 2. The van der Waals surface area contributed by atoms with E-state index in [-0.39, 0.29) is 11.0 Å².